The molecular weight excluding hydrogens is 274 g/mol. The molecule has 0 radical (unpaired) electrons. The van der Waals surface area contributed by atoms with E-state index in [1.54, 1.807) is 0 Å². The average molecular weight is 303 g/mol. The van der Waals surface area contributed by atoms with E-state index in [1.165, 1.54) is 11.1 Å². The van der Waals surface area contributed by atoms with Gasteiger partial charge in [0, 0.05) is 29.4 Å². The first-order chi connectivity index (χ1) is 10.1. The molecule has 122 valence electrons. The van der Waals surface area contributed by atoms with Gasteiger partial charge in [0.05, 0.1) is 11.2 Å². The highest BCUT2D eigenvalue weighted by molar-refractivity contribution is 5.25. The Balaban J connectivity index is 2.17. The smallest absolute Gasteiger partial charge is 0.105 e. The number of nitrogens with one attached hydrogen (secondary N) is 1. The Morgan fingerprint density at radius 1 is 1.09 bits per heavy atom. The Morgan fingerprint density at radius 3 is 2.14 bits per heavy atom. The molecule has 0 aromatic carbocycles. The molecule has 2 heterocycles. The van der Waals surface area contributed by atoms with E-state index in [-0.39, 0.29) is 17.6 Å². The monoisotopic (exact) mass is 303 g/mol. The second-order valence-electron chi connectivity index (χ2n) is 7.26. The predicted octanol–water partition coefficient (Wildman–Crippen LogP) is 4.57. The van der Waals surface area contributed by atoms with E-state index in [4.69, 9.17) is 4.42 Å². The molecule has 4 heteroatoms. The number of furan rings is 1. The summed E-state index contributed by atoms with van der Waals surface area (Å²) in [5.74, 6) is 1.96. The molecule has 0 bridgehead atoms. The minimum Gasteiger partial charge on any atom is -0.466 e. The molecule has 22 heavy (non-hydrogen) atoms. The van der Waals surface area contributed by atoms with Crippen LogP contribution in [0.4, 0.5) is 0 Å². The van der Waals surface area contributed by atoms with Gasteiger partial charge < -0.3 is 9.73 Å². The summed E-state index contributed by atoms with van der Waals surface area (Å²) >= 11 is 0. The van der Waals surface area contributed by atoms with Crippen LogP contribution in [0.2, 0.25) is 0 Å². The van der Waals surface area contributed by atoms with E-state index in [9.17, 15) is 0 Å². The third-order valence-electron chi connectivity index (χ3n) is 4.14. The molecule has 1 N–H and O–H groups in total. The van der Waals surface area contributed by atoms with Gasteiger partial charge in [-0.15, -0.1) is 0 Å². The van der Waals surface area contributed by atoms with Crippen LogP contribution in [0.5, 0.6) is 0 Å². The van der Waals surface area contributed by atoms with Gasteiger partial charge in [-0.25, -0.2) is 0 Å². The summed E-state index contributed by atoms with van der Waals surface area (Å²) in [6.07, 6.45) is 2.16. The second-order valence-corrected chi connectivity index (χ2v) is 7.26. The fourth-order valence-electron chi connectivity index (χ4n) is 2.88. The van der Waals surface area contributed by atoms with E-state index in [2.05, 4.69) is 64.2 Å². The average Bonchev–Trinajstić information content (AvgIpc) is 2.91. The molecule has 0 spiro atoms. The van der Waals surface area contributed by atoms with E-state index in [1.807, 2.05) is 18.5 Å². The number of aryl methyl sites for hydroxylation is 3. The lowest BCUT2D eigenvalue weighted by atomic mass is 10.0. The Labute approximate surface area is 133 Å². The molecule has 0 unspecified atom stereocenters. The van der Waals surface area contributed by atoms with Crippen molar-refractivity contribution in [3.63, 3.8) is 0 Å². The molecule has 0 fully saturated rings. The van der Waals surface area contributed by atoms with Crippen molar-refractivity contribution in [2.24, 2.45) is 0 Å². The van der Waals surface area contributed by atoms with Crippen molar-refractivity contribution >= 4 is 0 Å². The van der Waals surface area contributed by atoms with Crippen molar-refractivity contribution in [3.8, 4) is 0 Å². The van der Waals surface area contributed by atoms with Crippen molar-refractivity contribution in [2.75, 3.05) is 0 Å². The summed E-state index contributed by atoms with van der Waals surface area (Å²) in [7, 11) is 0. The van der Waals surface area contributed by atoms with Crippen LogP contribution < -0.4 is 5.32 Å². The lowest BCUT2D eigenvalue weighted by Crippen LogP contribution is -2.23. The molecule has 0 aliphatic heterocycles. The molecule has 0 aliphatic rings. The lowest BCUT2D eigenvalue weighted by Gasteiger charge is -2.20. The molecule has 2 aromatic rings. The third-order valence-corrected chi connectivity index (χ3v) is 4.14. The molecule has 0 saturated carbocycles. The zero-order valence-electron chi connectivity index (χ0n) is 15.1. The highest BCUT2D eigenvalue weighted by Gasteiger charge is 2.21. The summed E-state index contributed by atoms with van der Waals surface area (Å²) in [6.45, 7) is 17.0. The van der Waals surface area contributed by atoms with Crippen LogP contribution in [0.15, 0.2) is 16.7 Å². The van der Waals surface area contributed by atoms with Crippen molar-refractivity contribution in [3.05, 3.63) is 40.6 Å². The van der Waals surface area contributed by atoms with Gasteiger partial charge in [-0.2, -0.15) is 5.10 Å². The minimum atomic E-state index is 0.00655. The molecule has 0 saturated heterocycles. The van der Waals surface area contributed by atoms with Gasteiger partial charge in [-0.3, -0.25) is 4.68 Å². The van der Waals surface area contributed by atoms with Crippen molar-refractivity contribution in [2.45, 2.75) is 73.0 Å². The molecule has 0 aliphatic carbocycles. The van der Waals surface area contributed by atoms with Crippen LogP contribution in [-0.4, -0.2) is 9.78 Å². The van der Waals surface area contributed by atoms with E-state index in [0.717, 1.165) is 17.2 Å². The highest BCUT2D eigenvalue weighted by Crippen LogP contribution is 2.26. The van der Waals surface area contributed by atoms with E-state index >= 15 is 0 Å². The number of hydrogen-bond donors (Lipinski definition) is 1. The Hall–Kier alpha value is -1.55. The first kappa shape index (κ1) is 16.8. The molecule has 4 nitrogen and oxygen atoms in total. The number of nitrogens with zero attached hydrogens (tertiary/aromatic N) is 2. The number of rotatable bonds is 4. The highest BCUT2D eigenvalue weighted by atomic mass is 16.3. The summed E-state index contributed by atoms with van der Waals surface area (Å²) < 4.78 is 7.69. The Morgan fingerprint density at radius 2 is 1.68 bits per heavy atom. The van der Waals surface area contributed by atoms with Crippen LogP contribution in [-0.2, 0) is 5.54 Å². The van der Waals surface area contributed by atoms with Gasteiger partial charge in [-0.05, 0) is 61.5 Å². The van der Waals surface area contributed by atoms with Crippen LogP contribution >= 0.6 is 0 Å². The van der Waals surface area contributed by atoms with Crippen molar-refractivity contribution in [1.29, 1.82) is 0 Å². The Kier molecular flexibility index (Phi) is 4.52. The quantitative estimate of drug-likeness (QED) is 0.900. The predicted molar refractivity (Wildman–Crippen MR) is 90.1 cm³/mol. The maximum Gasteiger partial charge on any atom is 0.105 e. The van der Waals surface area contributed by atoms with Gasteiger partial charge in [0.2, 0.25) is 0 Å². The van der Waals surface area contributed by atoms with E-state index in [0.29, 0.717) is 0 Å². The lowest BCUT2D eigenvalue weighted by molar-refractivity contribution is 0.353. The minimum absolute atomic E-state index is 0.00655. The van der Waals surface area contributed by atoms with Gasteiger partial charge in [0.1, 0.15) is 11.5 Å². The maximum atomic E-state index is 5.64. The molecule has 0 amide bonds. The Bertz CT molecular complexity index is 646. The van der Waals surface area contributed by atoms with Crippen LogP contribution in [0.1, 0.15) is 75.0 Å². The van der Waals surface area contributed by atoms with E-state index < -0.39 is 0 Å². The number of hydrogen-bond acceptors (Lipinski definition) is 3. The summed E-state index contributed by atoms with van der Waals surface area (Å²) in [5, 5.41) is 8.32. The maximum absolute atomic E-state index is 5.64. The summed E-state index contributed by atoms with van der Waals surface area (Å²) in [6, 6.07) is 2.59. The molecule has 2 rings (SSSR count). The van der Waals surface area contributed by atoms with Gasteiger partial charge in [0.25, 0.3) is 0 Å². The van der Waals surface area contributed by atoms with Gasteiger partial charge in [0.15, 0.2) is 0 Å². The normalized spacial score (nSPS) is 15.1. The third kappa shape index (κ3) is 3.43. The van der Waals surface area contributed by atoms with Crippen molar-refractivity contribution in [1.82, 2.24) is 15.1 Å². The van der Waals surface area contributed by atoms with Crippen LogP contribution in [0, 0.1) is 20.8 Å². The zero-order valence-corrected chi connectivity index (χ0v) is 15.1. The number of aromatic nitrogens is 2. The summed E-state index contributed by atoms with van der Waals surface area (Å²) in [5.41, 5.74) is 3.57. The summed E-state index contributed by atoms with van der Waals surface area (Å²) in [4.78, 5) is 0. The van der Waals surface area contributed by atoms with Crippen LogP contribution in [0.25, 0.3) is 0 Å². The first-order valence-electron chi connectivity index (χ1n) is 7.99. The van der Waals surface area contributed by atoms with Crippen LogP contribution in [0.3, 0.4) is 0 Å². The zero-order chi connectivity index (χ0) is 16.7. The fourth-order valence-corrected chi connectivity index (χ4v) is 2.88. The van der Waals surface area contributed by atoms with Crippen molar-refractivity contribution < 1.29 is 4.42 Å². The first-order valence-corrected chi connectivity index (χ1v) is 7.99. The topological polar surface area (TPSA) is 43.0 Å². The second kappa shape index (κ2) is 5.92. The SMILES string of the molecule is Cc1cc([C@H](C)N[C@H](C)c2cn(C(C)(C)C)nc2C)c(C)o1. The van der Waals surface area contributed by atoms with Gasteiger partial charge in [-0.1, -0.05) is 0 Å². The molecule has 2 atom stereocenters. The largest absolute Gasteiger partial charge is 0.466 e. The standard InChI is InChI=1S/C18H29N3O/c1-11-9-16(15(5)22-11)12(2)19-13(3)17-10-21(18(6,7)8)20-14(17)4/h9-10,12-13,19H,1-8H3/t12-,13+/m0/s1. The molecular formula is C18H29N3O. The molecule has 2 aromatic heterocycles. The fraction of sp³-hybridized carbons (Fsp3) is 0.611. The van der Waals surface area contributed by atoms with Gasteiger partial charge >= 0.3 is 0 Å².